The number of likely N-dealkylation sites (tertiary alicyclic amines) is 1. The van der Waals surface area contributed by atoms with Gasteiger partial charge in [-0.1, -0.05) is 6.07 Å². The SMILES string of the molecule is CC(N)C1CCCN(Cc2nnc(-c3cccs3)o2)C1. The van der Waals surface area contributed by atoms with E-state index in [1.165, 1.54) is 12.8 Å². The van der Waals surface area contributed by atoms with Crippen LogP contribution in [0.1, 0.15) is 25.7 Å². The van der Waals surface area contributed by atoms with E-state index >= 15 is 0 Å². The van der Waals surface area contributed by atoms with Crippen molar-refractivity contribution in [3.63, 3.8) is 0 Å². The Bertz CT molecular complexity index is 537. The monoisotopic (exact) mass is 292 g/mol. The predicted molar refractivity (Wildman–Crippen MR) is 79.3 cm³/mol. The van der Waals surface area contributed by atoms with Crippen molar-refractivity contribution in [2.75, 3.05) is 13.1 Å². The first-order valence-electron chi connectivity index (χ1n) is 7.06. The van der Waals surface area contributed by atoms with Crippen molar-refractivity contribution in [1.29, 1.82) is 0 Å². The van der Waals surface area contributed by atoms with E-state index in [9.17, 15) is 0 Å². The van der Waals surface area contributed by atoms with Gasteiger partial charge >= 0.3 is 0 Å². The third kappa shape index (κ3) is 3.08. The van der Waals surface area contributed by atoms with Gasteiger partial charge in [0.15, 0.2) is 0 Å². The Morgan fingerprint density at radius 3 is 3.20 bits per heavy atom. The number of hydrogen-bond donors (Lipinski definition) is 1. The summed E-state index contributed by atoms with van der Waals surface area (Å²) in [5.74, 6) is 1.89. The Balaban J connectivity index is 1.63. The van der Waals surface area contributed by atoms with Crippen LogP contribution in [-0.2, 0) is 6.54 Å². The van der Waals surface area contributed by atoms with Crippen LogP contribution in [0.3, 0.4) is 0 Å². The molecule has 2 N–H and O–H groups in total. The molecule has 1 aliphatic heterocycles. The third-order valence-electron chi connectivity index (χ3n) is 3.84. The number of hydrogen-bond acceptors (Lipinski definition) is 6. The number of rotatable bonds is 4. The van der Waals surface area contributed by atoms with Crippen LogP contribution < -0.4 is 5.73 Å². The molecule has 1 fully saturated rings. The molecule has 1 saturated heterocycles. The van der Waals surface area contributed by atoms with Crippen molar-refractivity contribution < 1.29 is 4.42 Å². The Kier molecular flexibility index (Phi) is 4.14. The van der Waals surface area contributed by atoms with Crippen LogP contribution in [0, 0.1) is 5.92 Å². The number of piperidine rings is 1. The second kappa shape index (κ2) is 6.03. The van der Waals surface area contributed by atoms with E-state index < -0.39 is 0 Å². The van der Waals surface area contributed by atoms with Gasteiger partial charge in [-0.05, 0) is 43.7 Å². The van der Waals surface area contributed by atoms with Crippen molar-refractivity contribution in [3.8, 4) is 10.8 Å². The summed E-state index contributed by atoms with van der Waals surface area (Å²) in [6, 6.07) is 4.23. The van der Waals surface area contributed by atoms with E-state index in [1.807, 2.05) is 17.5 Å². The summed E-state index contributed by atoms with van der Waals surface area (Å²) in [6.45, 7) is 4.92. The minimum Gasteiger partial charge on any atom is -0.419 e. The molecule has 2 aromatic rings. The highest BCUT2D eigenvalue weighted by Gasteiger charge is 2.24. The molecule has 0 spiro atoms. The lowest BCUT2D eigenvalue weighted by molar-refractivity contribution is 0.143. The smallest absolute Gasteiger partial charge is 0.257 e. The maximum atomic E-state index is 6.01. The molecule has 3 rings (SSSR count). The highest BCUT2D eigenvalue weighted by molar-refractivity contribution is 7.13. The lowest BCUT2D eigenvalue weighted by Gasteiger charge is -2.33. The molecule has 2 atom stereocenters. The summed E-state index contributed by atoms with van der Waals surface area (Å²) in [5.41, 5.74) is 6.01. The van der Waals surface area contributed by atoms with Crippen LogP contribution in [0.25, 0.3) is 10.8 Å². The zero-order valence-corrected chi connectivity index (χ0v) is 12.5. The molecular weight excluding hydrogens is 272 g/mol. The molecule has 2 aromatic heterocycles. The summed E-state index contributed by atoms with van der Waals surface area (Å²) in [7, 11) is 0. The largest absolute Gasteiger partial charge is 0.419 e. The maximum absolute atomic E-state index is 6.01. The zero-order valence-electron chi connectivity index (χ0n) is 11.7. The molecule has 3 heterocycles. The minimum absolute atomic E-state index is 0.252. The Morgan fingerprint density at radius 2 is 2.45 bits per heavy atom. The van der Waals surface area contributed by atoms with Crippen molar-refractivity contribution in [1.82, 2.24) is 15.1 Å². The number of nitrogens with two attached hydrogens (primary N) is 1. The van der Waals surface area contributed by atoms with Gasteiger partial charge in [-0.3, -0.25) is 4.90 Å². The Morgan fingerprint density at radius 1 is 1.55 bits per heavy atom. The fourth-order valence-corrected chi connectivity index (χ4v) is 3.32. The Hall–Kier alpha value is -1.24. The van der Waals surface area contributed by atoms with E-state index in [0.717, 1.165) is 24.5 Å². The van der Waals surface area contributed by atoms with Gasteiger partial charge in [0.1, 0.15) is 0 Å². The van der Waals surface area contributed by atoms with E-state index in [2.05, 4.69) is 22.0 Å². The van der Waals surface area contributed by atoms with Crippen LogP contribution in [0.2, 0.25) is 0 Å². The van der Waals surface area contributed by atoms with Gasteiger partial charge in [0, 0.05) is 12.6 Å². The lowest BCUT2D eigenvalue weighted by atomic mass is 9.92. The number of aromatic nitrogens is 2. The first-order chi connectivity index (χ1) is 9.72. The quantitative estimate of drug-likeness (QED) is 0.937. The van der Waals surface area contributed by atoms with E-state index in [-0.39, 0.29) is 6.04 Å². The van der Waals surface area contributed by atoms with Gasteiger partial charge in [-0.2, -0.15) is 0 Å². The van der Waals surface area contributed by atoms with Crippen molar-refractivity contribution in [2.24, 2.45) is 11.7 Å². The minimum atomic E-state index is 0.252. The summed E-state index contributed by atoms with van der Waals surface area (Å²) < 4.78 is 5.74. The summed E-state index contributed by atoms with van der Waals surface area (Å²) >= 11 is 1.61. The second-order valence-electron chi connectivity index (χ2n) is 5.47. The van der Waals surface area contributed by atoms with Gasteiger partial charge < -0.3 is 10.2 Å². The average molecular weight is 292 g/mol. The highest BCUT2D eigenvalue weighted by atomic mass is 32.1. The molecule has 0 saturated carbocycles. The average Bonchev–Trinajstić information content (AvgIpc) is 3.09. The molecule has 6 heteroatoms. The lowest BCUT2D eigenvalue weighted by Crippen LogP contribution is -2.41. The second-order valence-corrected chi connectivity index (χ2v) is 6.42. The standard InChI is InChI=1S/C14H20N4OS/c1-10(15)11-4-2-6-18(8-11)9-13-16-17-14(19-13)12-5-3-7-20-12/h3,5,7,10-11H,2,4,6,8-9,15H2,1H3. The van der Waals surface area contributed by atoms with Crippen LogP contribution in [0.15, 0.2) is 21.9 Å². The number of nitrogens with zero attached hydrogens (tertiary/aromatic N) is 3. The molecule has 0 radical (unpaired) electrons. The highest BCUT2D eigenvalue weighted by Crippen LogP contribution is 2.24. The fraction of sp³-hybridized carbons (Fsp3) is 0.571. The van der Waals surface area contributed by atoms with Crippen molar-refractivity contribution in [2.45, 2.75) is 32.4 Å². The van der Waals surface area contributed by atoms with Crippen LogP contribution in [0.5, 0.6) is 0 Å². The normalized spacial score (nSPS) is 22.0. The summed E-state index contributed by atoms with van der Waals surface area (Å²) in [4.78, 5) is 3.39. The van der Waals surface area contributed by atoms with Gasteiger partial charge in [-0.15, -0.1) is 21.5 Å². The third-order valence-corrected chi connectivity index (χ3v) is 4.70. The van der Waals surface area contributed by atoms with Gasteiger partial charge in [0.2, 0.25) is 5.89 Å². The summed E-state index contributed by atoms with van der Waals surface area (Å²) in [5, 5.41) is 10.3. The zero-order chi connectivity index (χ0) is 13.9. The van der Waals surface area contributed by atoms with Crippen molar-refractivity contribution >= 4 is 11.3 Å². The summed E-state index contributed by atoms with van der Waals surface area (Å²) in [6.07, 6.45) is 2.41. The topological polar surface area (TPSA) is 68.2 Å². The van der Waals surface area contributed by atoms with Gasteiger partial charge in [-0.25, -0.2) is 0 Å². The van der Waals surface area contributed by atoms with Gasteiger partial charge in [0.05, 0.1) is 11.4 Å². The van der Waals surface area contributed by atoms with Gasteiger partial charge in [0.25, 0.3) is 5.89 Å². The molecular formula is C14H20N4OS. The maximum Gasteiger partial charge on any atom is 0.257 e. The molecule has 0 amide bonds. The molecule has 1 aliphatic rings. The molecule has 0 aliphatic carbocycles. The van der Waals surface area contributed by atoms with E-state index in [0.29, 0.717) is 17.7 Å². The molecule has 20 heavy (non-hydrogen) atoms. The first-order valence-corrected chi connectivity index (χ1v) is 7.94. The predicted octanol–water partition coefficient (Wildman–Crippen LogP) is 2.36. The molecule has 0 aromatic carbocycles. The first kappa shape index (κ1) is 13.7. The fourth-order valence-electron chi connectivity index (χ4n) is 2.67. The van der Waals surface area contributed by atoms with Crippen LogP contribution >= 0.6 is 11.3 Å². The van der Waals surface area contributed by atoms with E-state index in [4.69, 9.17) is 10.2 Å². The van der Waals surface area contributed by atoms with Crippen LogP contribution in [-0.4, -0.2) is 34.2 Å². The van der Waals surface area contributed by atoms with Crippen molar-refractivity contribution in [3.05, 3.63) is 23.4 Å². The molecule has 108 valence electrons. The Labute approximate surface area is 122 Å². The molecule has 5 nitrogen and oxygen atoms in total. The molecule has 2 unspecified atom stereocenters. The molecule has 0 bridgehead atoms. The van der Waals surface area contributed by atoms with Crippen LogP contribution in [0.4, 0.5) is 0 Å². The number of thiophene rings is 1. The van der Waals surface area contributed by atoms with E-state index in [1.54, 1.807) is 11.3 Å².